The maximum absolute atomic E-state index is 12.2. The van der Waals surface area contributed by atoms with E-state index >= 15 is 0 Å². The number of amides is 2. The van der Waals surface area contributed by atoms with Crippen LogP contribution in [0.4, 0.5) is 0 Å². The van der Waals surface area contributed by atoms with Gasteiger partial charge in [0.15, 0.2) is 6.10 Å². The predicted molar refractivity (Wildman–Crippen MR) is 70.8 cm³/mol. The summed E-state index contributed by atoms with van der Waals surface area (Å²) in [5.41, 5.74) is 0.959. The van der Waals surface area contributed by atoms with E-state index in [-0.39, 0.29) is 17.9 Å². The second-order valence-corrected chi connectivity index (χ2v) is 5.75. The molecule has 2 amide bonds. The first-order chi connectivity index (χ1) is 9.00. The molecule has 1 aromatic carbocycles. The molecule has 100 valence electrons. The van der Waals surface area contributed by atoms with Gasteiger partial charge < -0.3 is 0 Å². The van der Waals surface area contributed by atoms with Crippen LogP contribution < -0.4 is 0 Å². The SMILES string of the molecule is CN1C(=O)[C@H]2[C@@H](c3cccc(Br)c3)N(C)O[C@H]2C1=O. The van der Waals surface area contributed by atoms with E-state index in [1.54, 1.807) is 12.1 Å². The maximum atomic E-state index is 12.2. The van der Waals surface area contributed by atoms with Crippen molar-refractivity contribution in [3.05, 3.63) is 34.3 Å². The van der Waals surface area contributed by atoms with Crippen LogP contribution in [0.3, 0.4) is 0 Å². The third-order valence-corrected chi connectivity index (χ3v) is 4.21. The van der Waals surface area contributed by atoms with Crippen molar-refractivity contribution in [2.75, 3.05) is 14.1 Å². The smallest absolute Gasteiger partial charge is 0.261 e. The van der Waals surface area contributed by atoms with Crippen molar-refractivity contribution < 1.29 is 14.4 Å². The molecule has 3 atom stereocenters. The number of fused-ring (bicyclic) bond motifs is 1. The minimum absolute atomic E-state index is 0.177. The van der Waals surface area contributed by atoms with Crippen molar-refractivity contribution in [3.63, 3.8) is 0 Å². The molecule has 1 aromatic rings. The van der Waals surface area contributed by atoms with Crippen LogP contribution >= 0.6 is 15.9 Å². The van der Waals surface area contributed by atoms with E-state index in [1.807, 2.05) is 24.3 Å². The summed E-state index contributed by atoms with van der Waals surface area (Å²) in [6, 6.07) is 7.48. The molecule has 3 rings (SSSR count). The number of rotatable bonds is 1. The van der Waals surface area contributed by atoms with Gasteiger partial charge in [-0.25, -0.2) is 0 Å². The summed E-state index contributed by atoms with van der Waals surface area (Å²) < 4.78 is 0.937. The van der Waals surface area contributed by atoms with Gasteiger partial charge in [0.1, 0.15) is 0 Å². The van der Waals surface area contributed by atoms with Crippen LogP contribution in [0.25, 0.3) is 0 Å². The molecule has 0 aromatic heterocycles. The van der Waals surface area contributed by atoms with Gasteiger partial charge in [-0.3, -0.25) is 19.3 Å². The maximum Gasteiger partial charge on any atom is 0.261 e. The monoisotopic (exact) mass is 324 g/mol. The van der Waals surface area contributed by atoms with Gasteiger partial charge in [-0.15, -0.1) is 0 Å². The highest BCUT2D eigenvalue weighted by atomic mass is 79.9. The molecule has 0 aliphatic carbocycles. The molecule has 2 aliphatic rings. The highest BCUT2D eigenvalue weighted by Crippen LogP contribution is 2.43. The van der Waals surface area contributed by atoms with Crippen LogP contribution in [0.15, 0.2) is 28.7 Å². The summed E-state index contributed by atoms with van der Waals surface area (Å²) in [6.45, 7) is 0. The summed E-state index contributed by atoms with van der Waals surface area (Å²) in [5.74, 6) is -0.902. The first-order valence-electron chi connectivity index (χ1n) is 5.97. The lowest BCUT2D eigenvalue weighted by molar-refractivity contribution is -0.168. The van der Waals surface area contributed by atoms with Gasteiger partial charge in [-0.1, -0.05) is 28.1 Å². The van der Waals surface area contributed by atoms with Gasteiger partial charge in [0.2, 0.25) is 5.91 Å². The second kappa shape index (κ2) is 4.40. The molecule has 2 aliphatic heterocycles. The third-order valence-electron chi connectivity index (χ3n) is 3.72. The molecular formula is C13H13BrN2O3. The fourth-order valence-corrected chi connectivity index (χ4v) is 3.21. The third kappa shape index (κ3) is 1.82. The topological polar surface area (TPSA) is 49.9 Å². The molecule has 0 radical (unpaired) electrons. The molecular weight excluding hydrogens is 312 g/mol. The molecule has 2 fully saturated rings. The minimum atomic E-state index is -0.688. The molecule has 0 saturated carbocycles. The van der Waals surface area contributed by atoms with Crippen LogP contribution in [0.5, 0.6) is 0 Å². The first-order valence-corrected chi connectivity index (χ1v) is 6.76. The minimum Gasteiger partial charge on any atom is -0.284 e. The Labute approximate surface area is 119 Å². The number of benzene rings is 1. The Hall–Kier alpha value is -1.24. The summed E-state index contributed by atoms with van der Waals surface area (Å²) in [7, 11) is 3.26. The van der Waals surface area contributed by atoms with Gasteiger partial charge in [0.05, 0.1) is 12.0 Å². The molecule has 19 heavy (non-hydrogen) atoms. The lowest BCUT2D eigenvalue weighted by Crippen LogP contribution is -2.33. The van der Waals surface area contributed by atoms with Crippen molar-refractivity contribution in [1.82, 2.24) is 9.96 Å². The molecule has 0 N–H and O–H groups in total. The van der Waals surface area contributed by atoms with E-state index in [2.05, 4.69) is 15.9 Å². The fraction of sp³-hybridized carbons (Fsp3) is 0.385. The Morgan fingerprint density at radius 2 is 1.95 bits per heavy atom. The van der Waals surface area contributed by atoms with Crippen molar-refractivity contribution >= 4 is 27.7 Å². The average molecular weight is 325 g/mol. The summed E-state index contributed by atoms with van der Waals surface area (Å²) in [5, 5.41) is 1.61. The second-order valence-electron chi connectivity index (χ2n) is 4.83. The molecule has 0 spiro atoms. The zero-order chi connectivity index (χ0) is 13.7. The van der Waals surface area contributed by atoms with Crippen LogP contribution in [0, 0.1) is 5.92 Å². The number of imide groups is 1. The van der Waals surface area contributed by atoms with Crippen molar-refractivity contribution in [2.24, 2.45) is 5.92 Å². The standard InChI is InChI=1S/C13H13BrN2O3/c1-15-12(17)9-10(7-4-3-5-8(14)6-7)16(2)19-11(9)13(15)18/h3-6,9-11H,1-2H3/t9-,10+,11+/m0/s1. The summed E-state index contributed by atoms with van der Waals surface area (Å²) in [6.07, 6.45) is -0.688. The van der Waals surface area contributed by atoms with Gasteiger partial charge in [-0.05, 0) is 17.7 Å². The first kappa shape index (κ1) is 12.8. The van der Waals surface area contributed by atoms with Gasteiger partial charge in [0, 0.05) is 18.6 Å². The molecule has 6 heteroatoms. The Morgan fingerprint density at radius 3 is 2.63 bits per heavy atom. The average Bonchev–Trinajstić information content (AvgIpc) is 2.81. The van der Waals surface area contributed by atoms with E-state index < -0.39 is 12.0 Å². The van der Waals surface area contributed by atoms with Gasteiger partial charge >= 0.3 is 0 Å². The zero-order valence-corrected chi connectivity index (χ0v) is 12.1. The quantitative estimate of drug-likeness (QED) is 0.732. The molecule has 0 bridgehead atoms. The number of likely N-dealkylation sites (N-methyl/N-ethyl adjacent to an activating group) is 1. The van der Waals surface area contributed by atoms with E-state index in [4.69, 9.17) is 4.84 Å². The van der Waals surface area contributed by atoms with Crippen molar-refractivity contribution in [3.8, 4) is 0 Å². The summed E-state index contributed by atoms with van der Waals surface area (Å²) >= 11 is 3.42. The fourth-order valence-electron chi connectivity index (χ4n) is 2.80. The zero-order valence-electron chi connectivity index (χ0n) is 10.5. The molecule has 2 heterocycles. The van der Waals surface area contributed by atoms with Crippen LogP contribution in [0.2, 0.25) is 0 Å². The Kier molecular flexibility index (Phi) is 2.96. The Balaban J connectivity index is 2.02. The van der Waals surface area contributed by atoms with Gasteiger partial charge in [0.25, 0.3) is 5.91 Å². The lowest BCUT2D eigenvalue weighted by Gasteiger charge is -2.22. The lowest BCUT2D eigenvalue weighted by atomic mass is 9.91. The number of hydroxylamine groups is 2. The molecule has 0 unspecified atom stereocenters. The number of halogens is 1. The number of hydrogen-bond donors (Lipinski definition) is 0. The van der Waals surface area contributed by atoms with Crippen molar-refractivity contribution in [1.29, 1.82) is 0 Å². The number of carbonyl (C=O) groups is 2. The van der Waals surface area contributed by atoms with Crippen LogP contribution in [0.1, 0.15) is 11.6 Å². The van der Waals surface area contributed by atoms with Gasteiger partial charge in [-0.2, -0.15) is 5.06 Å². The van der Waals surface area contributed by atoms with E-state index in [0.717, 1.165) is 14.9 Å². The Bertz CT molecular complexity index is 563. The Morgan fingerprint density at radius 1 is 1.21 bits per heavy atom. The van der Waals surface area contributed by atoms with E-state index in [9.17, 15) is 9.59 Å². The van der Waals surface area contributed by atoms with Crippen molar-refractivity contribution in [2.45, 2.75) is 12.1 Å². The van der Waals surface area contributed by atoms with E-state index in [0.29, 0.717) is 0 Å². The number of likely N-dealkylation sites (tertiary alicyclic amines) is 1. The molecule has 5 nitrogen and oxygen atoms in total. The molecule has 2 saturated heterocycles. The number of hydrogen-bond acceptors (Lipinski definition) is 4. The number of carbonyl (C=O) groups excluding carboxylic acids is 2. The van der Waals surface area contributed by atoms with Crippen LogP contribution in [-0.2, 0) is 14.4 Å². The highest BCUT2D eigenvalue weighted by molar-refractivity contribution is 9.10. The number of nitrogens with zero attached hydrogens (tertiary/aromatic N) is 2. The highest BCUT2D eigenvalue weighted by Gasteiger charge is 2.57. The van der Waals surface area contributed by atoms with E-state index in [1.165, 1.54) is 7.05 Å². The largest absolute Gasteiger partial charge is 0.284 e. The summed E-state index contributed by atoms with van der Waals surface area (Å²) in [4.78, 5) is 30.8. The predicted octanol–water partition coefficient (Wildman–Crippen LogP) is 1.35. The normalized spacial score (nSPS) is 31.1. The van der Waals surface area contributed by atoms with Crippen LogP contribution in [-0.4, -0.2) is 42.0 Å².